The Balaban J connectivity index is 1.46. The molecule has 1 aliphatic heterocycles. The number of amides is 1. The third kappa shape index (κ3) is 2.55. The van der Waals surface area contributed by atoms with E-state index in [4.69, 9.17) is 4.52 Å². The molecule has 0 radical (unpaired) electrons. The largest absolute Gasteiger partial charge is 0.347 e. The van der Waals surface area contributed by atoms with Crippen LogP contribution in [0.4, 0.5) is 0 Å². The Morgan fingerprint density at radius 1 is 1.45 bits per heavy atom. The number of hydrogen-bond donors (Lipinski definition) is 1. The maximum absolute atomic E-state index is 11.9. The summed E-state index contributed by atoms with van der Waals surface area (Å²) in [5.74, 6) is 0.396. The number of nitrogens with one attached hydrogen (secondary N) is 1. The zero-order valence-electron chi connectivity index (χ0n) is 11.1. The minimum Gasteiger partial charge on any atom is -0.347 e. The molecule has 1 saturated carbocycles. The highest BCUT2D eigenvalue weighted by atomic mass is 32.2. The maximum atomic E-state index is 11.9. The first-order chi connectivity index (χ1) is 9.46. The van der Waals surface area contributed by atoms with Crippen LogP contribution in [0.25, 0.3) is 0 Å². The summed E-state index contributed by atoms with van der Waals surface area (Å²) < 4.78 is 30.0. The fourth-order valence-corrected chi connectivity index (χ4v) is 4.04. The first-order valence-electron chi connectivity index (χ1n) is 6.52. The van der Waals surface area contributed by atoms with Crippen molar-refractivity contribution >= 4 is 15.9 Å². The van der Waals surface area contributed by atoms with Crippen LogP contribution in [0.2, 0.25) is 0 Å². The van der Waals surface area contributed by atoms with Gasteiger partial charge >= 0.3 is 0 Å². The second-order valence-electron chi connectivity index (χ2n) is 5.21. The maximum Gasteiger partial charge on any atom is 0.246 e. The van der Waals surface area contributed by atoms with Crippen LogP contribution in [0, 0.1) is 12.8 Å². The lowest BCUT2D eigenvalue weighted by Gasteiger charge is -2.36. The van der Waals surface area contributed by atoms with Crippen molar-refractivity contribution in [2.45, 2.75) is 31.6 Å². The fraction of sp³-hybridized carbons (Fsp3) is 0.727. The van der Waals surface area contributed by atoms with Crippen molar-refractivity contribution in [1.82, 2.24) is 19.8 Å². The zero-order chi connectivity index (χ0) is 14.3. The normalized spacial score (nSPS) is 20.6. The van der Waals surface area contributed by atoms with Crippen LogP contribution >= 0.6 is 0 Å². The molecule has 1 aliphatic carbocycles. The van der Waals surface area contributed by atoms with E-state index in [9.17, 15) is 13.2 Å². The Kier molecular flexibility index (Phi) is 3.25. The monoisotopic (exact) mass is 300 g/mol. The molecule has 2 heterocycles. The van der Waals surface area contributed by atoms with Gasteiger partial charge in [-0.1, -0.05) is 5.16 Å². The molecule has 0 atom stereocenters. The molecule has 8 nitrogen and oxygen atoms in total. The second kappa shape index (κ2) is 4.81. The lowest BCUT2D eigenvalue weighted by molar-refractivity contribution is -0.128. The molecule has 20 heavy (non-hydrogen) atoms. The summed E-state index contributed by atoms with van der Waals surface area (Å²) >= 11 is 0. The highest BCUT2D eigenvalue weighted by Crippen LogP contribution is 2.34. The minimum atomic E-state index is -3.15. The molecular formula is C11H16N4O4S. The molecule has 1 amide bonds. The van der Waals surface area contributed by atoms with Gasteiger partial charge in [0.25, 0.3) is 0 Å². The molecule has 0 bridgehead atoms. The fourth-order valence-electron chi connectivity index (χ4n) is 2.11. The topological polar surface area (TPSA) is 105 Å². The molecule has 3 rings (SSSR count). The standard InChI is InChI=1S/C11H16N4O4S/c1-7-13-10(19-14-7)4-12-11(16)8-5-15(6-8)20(17,18)9-2-3-9/h8-9H,2-6H2,1H3,(H,12,16). The molecule has 0 spiro atoms. The SMILES string of the molecule is Cc1noc(CNC(=O)C2CN(S(=O)(=O)C3CC3)C2)n1. The number of aromatic nitrogens is 2. The number of sulfonamides is 1. The van der Waals surface area contributed by atoms with Gasteiger partial charge in [-0.15, -0.1) is 0 Å². The first-order valence-corrected chi connectivity index (χ1v) is 8.03. The summed E-state index contributed by atoms with van der Waals surface area (Å²) in [6, 6.07) is 0. The number of rotatable bonds is 5. The quantitative estimate of drug-likeness (QED) is 0.780. The van der Waals surface area contributed by atoms with Crippen molar-refractivity contribution in [2.24, 2.45) is 5.92 Å². The molecule has 0 unspecified atom stereocenters. The van der Waals surface area contributed by atoms with Gasteiger partial charge in [-0.3, -0.25) is 4.79 Å². The molecule has 1 aromatic rings. The third-order valence-corrected chi connectivity index (χ3v) is 5.84. The lowest BCUT2D eigenvalue weighted by Crippen LogP contribution is -2.56. The lowest BCUT2D eigenvalue weighted by atomic mass is 10.0. The van der Waals surface area contributed by atoms with E-state index < -0.39 is 10.0 Å². The van der Waals surface area contributed by atoms with Gasteiger partial charge in [0.15, 0.2) is 5.82 Å². The van der Waals surface area contributed by atoms with Crippen molar-refractivity contribution in [2.75, 3.05) is 13.1 Å². The predicted octanol–water partition coefficient (Wildman–Crippen LogP) is -0.582. The van der Waals surface area contributed by atoms with Crippen LogP contribution < -0.4 is 5.32 Å². The summed E-state index contributed by atoms with van der Waals surface area (Å²) in [6.45, 7) is 2.41. The summed E-state index contributed by atoms with van der Waals surface area (Å²) in [5.41, 5.74) is 0. The Bertz CT molecular complexity index is 616. The van der Waals surface area contributed by atoms with E-state index in [-0.39, 0.29) is 36.7 Å². The summed E-state index contributed by atoms with van der Waals surface area (Å²) in [7, 11) is -3.15. The van der Waals surface area contributed by atoms with E-state index in [0.29, 0.717) is 11.7 Å². The van der Waals surface area contributed by atoms with Gasteiger partial charge in [0.1, 0.15) is 0 Å². The first kappa shape index (κ1) is 13.5. The van der Waals surface area contributed by atoms with E-state index >= 15 is 0 Å². The van der Waals surface area contributed by atoms with Crippen LogP contribution in [-0.2, 0) is 21.4 Å². The van der Waals surface area contributed by atoms with E-state index in [1.807, 2.05) is 0 Å². The molecular weight excluding hydrogens is 284 g/mol. The van der Waals surface area contributed by atoms with Crippen molar-refractivity contribution in [3.05, 3.63) is 11.7 Å². The van der Waals surface area contributed by atoms with E-state index in [2.05, 4.69) is 15.5 Å². The van der Waals surface area contributed by atoms with Crippen LogP contribution in [0.3, 0.4) is 0 Å². The second-order valence-corrected chi connectivity index (χ2v) is 7.42. The molecule has 110 valence electrons. The van der Waals surface area contributed by atoms with Crippen LogP contribution in [0.1, 0.15) is 24.6 Å². The van der Waals surface area contributed by atoms with E-state index in [1.54, 1.807) is 6.92 Å². The van der Waals surface area contributed by atoms with E-state index in [0.717, 1.165) is 12.8 Å². The summed E-state index contributed by atoms with van der Waals surface area (Å²) in [5, 5.41) is 6.08. The molecule has 0 aromatic carbocycles. The minimum absolute atomic E-state index is 0.172. The van der Waals surface area contributed by atoms with Gasteiger partial charge in [-0.2, -0.15) is 9.29 Å². The Morgan fingerprint density at radius 3 is 2.70 bits per heavy atom. The summed E-state index contributed by atoms with van der Waals surface area (Å²) in [4.78, 5) is 15.8. The average molecular weight is 300 g/mol. The number of hydrogen-bond acceptors (Lipinski definition) is 6. The number of aryl methyl sites for hydroxylation is 1. The smallest absolute Gasteiger partial charge is 0.246 e. The van der Waals surface area contributed by atoms with Crippen LogP contribution in [0.15, 0.2) is 4.52 Å². The molecule has 2 fully saturated rings. The molecule has 1 saturated heterocycles. The van der Waals surface area contributed by atoms with Gasteiger partial charge in [0.2, 0.25) is 21.8 Å². The number of carbonyl (C=O) groups excluding carboxylic acids is 1. The number of carbonyl (C=O) groups is 1. The van der Waals surface area contributed by atoms with Crippen molar-refractivity contribution in [1.29, 1.82) is 0 Å². The average Bonchev–Trinajstić information content (AvgIpc) is 3.09. The van der Waals surface area contributed by atoms with Gasteiger partial charge in [0.05, 0.1) is 17.7 Å². The highest BCUT2D eigenvalue weighted by molar-refractivity contribution is 7.90. The van der Waals surface area contributed by atoms with E-state index in [1.165, 1.54) is 4.31 Å². The zero-order valence-corrected chi connectivity index (χ0v) is 11.9. The van der Waals surface area contributed by atoms with Crippen LogP contribution in [0.5, 0.6) is 0 Å². The molecule has 1 N–H and O–H groups in total. The molecule has 1 aromatic heterocycles. The van der Waals surface area contributed by atoms with Gasteiger partial charge in [-0.25, -0.2) is 8.42 Å². The Labute approximate surface area is 116 Å². The van der Waals surface area contributed by atoms with Gasteiger partial charge in [-0.05, 0) is 19.8 Å². The predicted molar refractivity (Wildman–Crippen MR) is 67.9 cm³/mol. The Morgan fingerprint density at radius 2 is 2.15 bits per heavy atom. The third-order valence-electron chi connectivity index (χ3n) is 3.51. The number of nitrogens with zero attached hydrogens (tertiary/aromatic N) is 3. The van der Waals surface area contributed by atoms with Crippen LogP contribution in [-0.4, -0.2) is 47.1 Å². The van der Waals surface area contributed by atoms with Crippen molar-refractivity contribution in [3.8, 4) is 0 Å². The van der Waals surface area contributed by atoms with Crippen molar-refractivity contribution in [3.63, 3.8) is 0 Å². The van der Waals surface area contributed by atoms with Crippen molar-refractivity contribution < 1.29 is 17.7 Å². The van der Waals surface area contributed by atoms with Gasteiger partial charge < -0.3 is 9.84 Å². The summed E-state index contributed by atoms with van der Waals surface area (Å²) in [6.07, 6.45) is 1.48. The Hall–Kier alpha value is -1.48. The molecule has 9 heteroatoms. The molecule has 2 aliphatic rings. The van der Waals surface area contributed by atoms with Gasteiger partial charge in [0, 0.05) is 13.1 Å². The highest BCUT2D eigenvalue weighted by Gasteiger charge is 2.46.